The number of amides is 1. The van der Waals surface area contributed by atoms with Crippen LogP contribution < -0.4 is 15.5 Å². The molecule has 0 unspecified atom stereocenters. The van der Waals surface area contributed by atoms with Crippen LogP contribution in [-0.4, -0.2) is 53.5 Å². The summed E-state index contributed by atoms with van der Waals surface area (Å²) in [5, 5.41) is 5.71. The fourth-order valence-corrected chi connectivity index (χ4v) is 3.70. The average molecular weight is 453 g/mol. The van der Waals surface area contributed by atoms with Gasteiger partial charge in [0.15, 0.2) is 11.6 Å². The van der Waals surface area contributed by atoms with Crippen LogP contribution in [0.2, 0.25) is 0 Å². The zero-order chi connectivity index (χ0) is 23.2. The summed E-state index contributed by atoms with van der Waals surface area (Å²) in [4.78, 5) is 25.6. The van der Waals surface area contributed by atoms with Crippen LogP contribution in [0.15, 0.2) is 54.9 Å². The van der Waals surface area contributed by atoms with Crippen molar-refractivity contribution in [2.24, 2.45) is 0 Å². The Balaban J connectivity index is 1.30. The van der Waals surface area contributed by atoms with Gasteiger partial charge >= 0.3 is 0 Å². The molecule has 1 aromatic heterocycles. The van der Waals surface area contributed by atoms with Crippen molar-refractivity contribution in [1.29, 1.82) is 0 Å². The van der Waals surface area contributed by atoms with E-state index in [1.807, 2.05) is 25.1 Å². The quantitative estimate of drug-likeness (QED) is 0.572. The van der Waals surface area contributed by atoms with Gasteiger partial charge in [-0.2, -0.15) is 0 Å². The van der Waals surface area contributed by atoms with Gasteiger partial charge < -0.3 is 15.5 Å². The van der Waals surface area contributed by atoms with Crippen molar-refractivity contribution >= 4 is 23.2 Å². The molecule has 0 spiro atoms. The summed E-state index contributed by atoms with van der Waals surface area (Å²) in [6.07, 6.45) is 3.51. The molecule has 2 aromatic carbocycles. The van der Waals surface area contributed by atoms with Crippen molar-refractivity contribution < 1.29 is 13.6 Å². The lowest BCUT2D eigenvalue weighted by atomic mass is 10.1. The molecule has 3 aromatic rings. The highest BCUT2D eigenvalue weighted by molar-refractivity contribution is 5.94. The maximum atomic E-state index is 13.3. The van der Waals surface area contributed by atoms with Gasteiger partial charge in [0.1, 0.15) is 0 Å². The minimum Gasteiger partial charge on any atom is -0.376 e. The Morgan fingerprint density at radius 1 is 1.00 bits per heavy atom. The van der Waals surface area contributed by atoms with Gasteiger partial charge in [0.2, 0.25) is 11.9 Å². The molecule has 7 nitrogen and oxygen atoms in total. The van der Waals surface area contributed by atoms with Crippen LogP contribution in [0.25, 0.3) is 0 Å². The summed E-state index contributed by atoms with van der Waals surface area (Å²) in [5.74, 6) is -1.39. The van der Waals surface area contributed by atoms with Crippen molar-refractivity contribution in [2.75, 3.05) is 48.3 Å². The molecule has 0 saturated carbocycles. The number of hydrogen-bond donors (Lipinski definition) is 2. The van der Waals surface area contributed by atoms with Gasteiger partial charge in [-0.15, -0.1) is 0 Å². The number of carbonyl (C=O) groups excluding carboxylic acids is 1. The second-order valence-electron chi connectivity index (χ2n) is 7.99. The zero-order valence-electron chi connectivity index (χ0n) is 18.4. The third kappa shape index (κ3) is 6.01. The lowest BCUT2D eigenvalue weighted by molar-refractivity contribution is -0.114. The van der Waals surface area contributed by atoms with Crippen molar-refractivity contribution in [1.82, 2.24) is 14.9 Å². The fraction of sp³-hybridized carbons (Fsp3) is 0.292. The molecule has 1 saturated heterocycles. The summed E-state index contributed by atoms with van der Waals surface area (Å²) in [6.45, 7) is 6.15. The molecule has 2 heterocycles. The number of nitrogens with zero attached hydrogens (tertiary/aromatic N) is 4. The van der Waals surface area contributed by atoms with Crippen LogP contribution in [0.4, 0.5) is 26.1 Å². The highest BCUT2D eigenvalue weighted by atomic mass is 19.2. The summed E-state index contributed by atoms with van der Waals surface area (Å²) in [5.41, 5.74) is 3.13. The van der Waals surface area contributed by atoms with Crippen molar-refractivity contribution in [3.05, 3.63) is 77.6 Å². The number of halogens is 2. The highest BCUT2D eigenvalue weighted by Crippen LogP contribution is 2.20. The molecule has 0 aliphatic carbocycles. The predicted octanol–water partition coefficient (Wildman–Crippen LogP) is 3.44. The smallest absolute Gasteiger partial charge is 0.243 e. The fourth-order valence-electron chi connectivity index (χ4n) is 3.70. The first-order valence-corrected chi connectivity index (χ1v) is 10.8. The minimum absolute atomic E-state index is 0.0573. The molecule has 1 aliphatic heterocycles. The van der Waals surface area contributed by atoms with Crippen molar-refractivity contribution in [3.8, 4) is 0 Å². The Bertz CT molecular complexity index is 1100. The first-order chi connectivity index (χ1) is 16.0. The monoisotopic (exact) mass is 452 g/mol. The van der Waals surface area contributed by atoms with Gasteiger partial charge in [-0.3, -0.25) is 9.69 Å². The van der Waals surface area contributed by atoms with E-state index in [0.717, 1.165) is 67.6 Å². The number of aryl methyl sites for hydroxylation is 1. The molecule has 0 bridgehead atoms. The van der Waals surface area contributed by atoms with Crippen LogP contribution >= 0.6 is 0 Å². The first-order valence-electron chi connectivity index (χ1n) is 10.8. The average Bonchev–Trinajstić information content (AvgIpc) is 2.83. The molecule has 0 atom stereocenters. The Morgan fingerprint density at radius 2 is 1.76 bits per heavy atom. The van der Waals surface area contributed by atoms with E-state index in [1.54, 1.807) is 12.4 Å². The van der Waals surface area contributed by atoms with E-state index in [9.17, 15) is 13.6 Å². The Kier molecular flexibility index (Phi) is 7.09. The van der Waals surface area contributed by atoms with Crippen molar-refractivity contribution in [3.63, 3.8) is 0 Å². The molecule has 0 radical (unpaired) electrons. The zero-order valence-corrected chi connectivity index (χ0v) is 18.4. The minimum atomic E-state index is -0.957. The third-order valence-corrected chi connectivity index (χ3v) is 5.56. The van der Waals surface area contributed by atoms with Gasteiger partial charge in [-0.25, -0.2) is 18.7 Å². The second kappa shape index (κ2) is 10.4. The van der Waals surface area contributed by atoms with Gasteiger partial charge in [0.25, 0.3) is 0 Å². The van der Waals surface area contributed by atoms with Crippen molar-refractivity contribution in [2.45, 2.75) is 13.5 Å². The Morgan fingerprint density at radius 3 is 2.48 bits per heavy atom. The Labute approximate surface area is 191 Å². The molecule has 1 aliphatic rings. The van der Waals surface area contributed by atoms with Crippen LogP contribution in [0.3, 0.4) is 0 Å². The molecular formula is C24H26F2N6O. The maximum absolute atomic E-state index is 13.3. The predicted molar refractivity (Wildman–Crippen MR) is 124 cm³/mol. The number of nitrogens with one attached hydrogen (secondary N) is 2. The van der Waals surface area contributed by atoms with E-state index < -0.39 is 11.6 Å². The standard InChI is InChI=1S/C24H26F2N6O/c1-17-3-4-18(16-31-9-11-32(12-10-31)24-27-7-2-8-28-24)13-22(17)30-23(33)15-29-19-5-6-20(25)21(26)14-19/h2-8,13-14,29H,9-12,15-16H2,1H3,(H,30,33). The van der Waals surface area contributed by atoms with Gasteiger partial charge in [0, 0.05) is 62.6 Å². The second-order valence-corrected chi connectivity index (χ2v) is 7.99. The van der Waals surface area contributed by atoms with E-state index in [4.69, 9.17) is 0 Å². The summed E-state index contributed by atoms with van der Waals surface area (Å²) in [7, 11) is 0. The summed E-state index contributed by atoms with van der Waals surface area (Å²) < 4.78 is 26.4. The molecule has 1 fully saturated rings. The number of hydrogen-bond acceptors (Lipinski definition) is 6. The molecule has 172 valence electrons. The molecule has 2 N–H and O–H groups in total. The number of rotatable bonds is 7. The number of aromatic nitrogens is 2. The molecule has 9 heteroatoms. The van der Waals surface area contributed by atoms with Crippen LogP contribution in [0.5, 0.6) is 0 Å². The van der Waals surface area contributed by atoms with E-state index in [2.05, 4.69) is 36.5 Å². The maximum Gasteiger partial charge on any atom is 0.243 e. The van der Waals surface area contributed by atoms with Gasteiger partial charge in [-0.05, 0) is 42.3 Å². The summed E-state index contributed by atoms with van der Waals surface area (Å²) in [6, 6.07) is 11.3. The number of anilines is 3. The number of piperazine rings is 1. The molecule has 4 rings (SSSR count). The first kappa shape index (κ1) is 22.6. The van der Waals surface area contributed by atoms with Crippen LogP contribution in [-0.2, 0) is 11.3 Å². The highest BCUT2D eigenvalue weighted by Gasteiger charge is 2.19. The van der Waals surface area contributed by atoms with E-state index in [1.165, 1.54) is 6.07 Å². The van der Waals surface area contributed by atoms with Crippen LogP contribution in [0.1, 0.15) is 11.1 Å². The molecule has 33 heavy (non-hydrogen) atoms. The number of carbonyl (C=O) groups is 1. The third-order valence-electron chi connectivity index (χ3n) is 5.56. The van der Waals surface area contributed by atoms with Crippen LogP contribution in [0, 0.1) is 18.6 Å². The SMILES string of the molecule is Cc1ccc(CN2CCN(c3ncccn3)CC2)cc1NC(=O)CNc1ccc(F)c(F)c1. The number of benzene rings is 2. The van der Waals surface area contributed by atoms with E-state index in [0.29, 0.717) is 5.69 Å². The largest absolute Gasteiger partial charge is 0.376 e. The molecular weight excluding hydrogens is 426 g/mol. The normalized spacial score (nSPS) is 14.2. The van der Waals surface area contributed by atoms with Gasteiger partial charge in [0.05, 0.1) is 6.54 Å². The topological polar surface area (TPSA) is 73.4 Å². The summed E-state index contributed by atoms with van der Waals surface area (Å²) >= 11 is 0. The van der Waals surface area contributed by atoms with E-state index in [-0.39, 0.29) is 12.5 Å². The Hall–Kier alpha value is -3.59. The van der Waals surface area contributed by atoms with E-state index >= 15 is 0 Å². The molecule has 1 amide bonds. The van der Waals surface area contributed by atoms with Gasteiger partial charge in [-0.1, -0.05) is 12.1 Å². The lowest BCUT2D eigenvalue weighted by Gasteiger charge is -2.34. The lowest BCUT2D eigenvalue weighted by Crippen LogP contribution is -2.46.